The highest BCUT2D eigenvalue weighted by Gasteiger charge is 2.23. The molecule has 6 nitrogen and oxygen atoms in total. The second-order valence-corrected chi connectivity index (χ2v) is 4.97. The third kappa shape index (κ3) is 3.54. The van der Waals surface area contributed by atoms with Gasteiger partial charge in [0, 0.05) is 39.4 Å². The Morgan fingerprint density at radius 3 is 2.63 bits per heavy atom. The van der Waals surface area contributed by atoms with Crippen molar-refractivity contribution in [3.05, 3.63) is 18.0 Å². The predicted octanol–water partition coefficient (Wildman–Crippen LogP) is -0.0832. The Morgan fingerprint density at radius 1 is 1.32 bits per heavy atom. The number of nitrogens with zero attached hydrogens (tertiary/aromatic N) is 4. The van der Waals surface area contributed by atoms with Crippen LogP contribution in [0.5, 0.6) is 0 Å². The predicted molar refractivity (Wildman–Crippen MR) is 73.8 cm³/mol. The van der Waals surface area contributed by atoms with Crippen LogP contribution in [0, 0.1) is 0 Å². The SMILES string of the molecule is Cn1nccc1C(=O)N1CCN(CCCCN)CC1. The van der Waals surface area contributed by atoms with Gasteiger partial charge in [-0.15, -0.1) is 0 Å². The largest absolute Gasteiger partial charge is 0.335 e. The van der Waals surface area contributed by atoms with Crippen LogP contribution in [0.1, 0.15) is 23.3 Å². The molecular weight excluding hydrogens is 242 g/mol. The number of rotatable bonds is 5. The van der Waals surface area contributed by atoms with E-state index >= 15 is 0 Å². The number of carbonyl (C=O) groups excluding carboxylic acids is 1. The zero-order chi connectivity index (χ0) is 13.7. The first-order chi connectivity index (χ1) is 9.22. The number of hydrogen-bond donors (Lipinski definition) is 1. The molecule has 0 aliphatic carbocycles. The van der Waals surface area contributed by atoms with E-state index in [1.54, 1.807) is 24.0 Å². The quantitative estimate of drug-likeness (QED) is 0.756. The minimum atomic E-state index is 0.0848. The molecule has 0 unspecified atom stereocenters. The average Bonchev–Trinajstić information content (AvgIpc) is 2.85. The van der Waals surface area contributed by atoms with E-state index in [-0.39, 0.29) is 5.91 Å². The lowest BCUT2D eigenvalue weighted by molar-refractivity contribution is 0.0625. The Morgan fingerprint density at radius 2 is 2.05 bits per heavy atom. The van der Waals surface area contributed by atoms with Gasteiger partial charge in [-0.1, -0.05) is 0 Å². The molecule has 1 aliphatic rings. The van der Waals surface area contributed by atoms with E-state index < -0.39 is 0 Å². The molecule has 1 fully saturated rings. The molecule has 106 valence electrons. The van der Waals surface area contributed by atoms with Gasteiger partial charge in [0.25, 0.3) is 5.91 Å². The van der Waals surface area contributed by atoms with E-state index in [9.17, 15) is 4.79 Å². The van der Waals surface area contributed by atoms with Gasteiger partial charge in [0.05, 0.1) is 0 Å². The minimum absolute atomic E-state index is 0.0848. The molecule has 1 aliphatic heterocycles. The summed E-state index contributed by atoms with van der Waals surface area (Å²) in [4.78, 5) is 16.6. The zero-order valence-electron chi connectivity index (χ0n) is 11.6. The second kappa shape index (κ2) is 6.68. The maximum atomic E-state index is 12.3. The fraction of sp³-hybridized carbons (Fsp3) is 0.692. The number of nitrogens with two attached hydrogens (primary N) is 1. The average molecular weight is 265 g/mol. The lowest BCUT2D eigenvalue weighted by Gasteiger charge is -2.34. The molecule has 19 heavy (non-hydrogen) atoms. The second-order valence-electron chi connectivity index (χ2n) is 4.97. The molecule has 0 radical (unpaired) electrons. The highest BCUT2D eigenvalue weighted by molar-refractivity contribution is 5.92. The molecule has 6 heteroatoms. The van der Waals surface area contributed by atoms with Crippen molar-refractivity contribution < 1.29 is 4.79 Å². The van der Waals surface area contributed by atoms with E-state index in [4.69, 9.17) is 5.73 Å². The molecule has 0 saturated carbocycles. The van der Waals surface area contributed by atoms with Crippen molar-refractivity contribution in [3.8, 4) is 0 Å². The summed E-state index contributed by atoms with van der Waals surface area (Å²) in [5.41, 5.74) is 6.16. The zero-order valence-corrected chi connectivity index (χ0v) is 11.6. The maximum Gasteiger partial charge on any atom is 0.272 e. The standard InChI is InChI=1S/C13H23N5O/c1-16-12(4-6-15-16)13(19)18-10-8-17(9-11-18)7-3-2-5-14/h4,6H,2-3,5,7-11,14H2,1H3. The van der Waals surface area contributed by atoms with E-state index in [0.717, 1.165) is 52.1 Å². The molecule has 2 rings (SSSR count). The summed E-state index contributed by atoms with van der Waals surface area (Å²) in [6.07, 6.45) is 3.89. The van der Waals surface area contributed by atoms with Crippen LogP contribution in [-0.4, -0.2) is 64.8 Å². The van der Waals surface area contributed by atoms with Gasteiger partial charge in [0.2, 0.25) is 0 Å². The van der Waals surface area contributed by atoms with Crippen LogP contribution < -0.4 is 5.73 Å². The van der Waals surface area contributed by atoms with Crippen LogP contribution in [-0.2, 0) is 7.05 Å². The summed E-state index contributed by atoms with van der Waals surface area (Å²) < 4.78 is 1.63. The summed E-state index contributed by atoms with van der Waals surface area (Å²) in [7, 11) is 1.80. The maximum absolute atomic E-state index is 12.3. The summed E-state index contributed by atoms with van der Waals surface area (Å²) in [5.74, 6) is 0.0848. The van der Waals surface area contributed by atoms with Gasteiger partial charge < -0.3 is 10.6 Å². The van der Waals surface area contributed by atoms with E-state index in [0.29, 0.717) is 5.69 Å². The number of carbonyl (C=O) groups is 1. The van der Waals surface area contributed by atoms with Crippen molar-refractivity contribution >= 4 is 5.91 Å². The summed E-state index contributed by atoms with van der Waals surface area (Å²) >= 11 is 0. The van der Waals surface area contributed by atoms with Crippen molar-refractivity contribution in [2.24, 2.45) is 12.8 Å². The normalized spacial score (nSPS) is 16.8. The molecule has 2 N–H and O–H groups in total. The topological polar surface area (TPSA) is 67.4 Å². The summed E-state index contributed by atoms with van der Waals surface area (Å²) in [5, 5.41) is 4.04. The van der Waals surface area contributed by atoms with Gasteiger partial charge in [-0.25, -0.2) is 0 Å². The number of amides is 1. The molecule has 2 heterocycles. The van der Waals surface area contributed by atoms with Gasteiger partial charge >= 0.3 is 0 Å². The third-order valence-corrected chi connectivity index (χ3v) is 3.63. The number of aryl methyl sites for hydroxylation is 1. The van der Waals surface area contributed by atoms with Gasteiger partial charge in [0.1, 0.15) is 5.69 Å². The third-order valence-electron chi connectivity index (χ3n) is 3.63. The lowest BCUT2D eigenvalue weighted by Crippen LogP contribution is -2.49. The smallest absolute Gasteiger partial charge is 0.272 e. The van der Waals surface area contributed by atoms with E-state index in [1.807, 2.05) is 4.90 Å². The monoisotopic (exact) mass is 265 g/mol. The Balaban J connectivity index is 1.80. The molecular formula is C13H23N5O. The van der Waals surface area contributed by atoms with Crippen molar-refractivity contribution in [1.29, 1.82) is 0 Å². The molecule has 0 spiro atoms. The number of aromatic nitrogens is 2. The first kappa shape index (κ1) is 14.0. The molecule has 0 aromatic carbocycles. The van der Waals surface area contributed by atoms with Crippen molar-refractivity contribution in [2.45, 2.75) is 12.8 Å². The Labute approximate surface area is 114 Å². The summed E-state index contributed by atoms with van der Waals surface area (Å²) in [6.45, 7) is 5.35. The number of piperazine rings is 1. The molecule has 1 amide bonds. The van der Waals surface area contributed by atoms with Gasteiger partial charge in [-0.2, -0.15) is 5.10 Å². The molecule has 0 bridgehead atoms. The molecule has 0 atom stereocenters. The van der Waals surface area contributed by atoms with Crippen LogP contribution in [0.2, 0.25) is 0 Å². The Kier molecular flexibility index (Phi) is 4.93. The van der Waals surface area contributed by atoms with Crippen LogP contribution in [0.4, 0.5) is 0 Å². The highest BCUT2D eigenvalue weighted by atomic mass is 16.2. The fourth-order valence-electron chi connectivity index (χ4n) is 2.40. The fourth-order valence-corrected chi connectivity index (χ4v) is 2.40. The first-order valence-electron chi connectivity index (χ1n) is 6.92. The van der Waals surface area contributed by atoms with Crippen molar-refractivity contribution in [3.63, 3.8) is 0 Å². The van der Waals surface area contributed by atoms with Gasteiger partial charge in [-0.3, -0.25) is 14.4 Å². The number of unbranched alkanes of at least 4 members (excludes halogenated alkanes) is 1. The van der Waals surface area contributed by atoms with E-state index in [2.05, 4.69) is 10.00 Å². The highest BCUT2D eigenvalue weighted by Crippen LogP contribution is 2.08. The van der Waals surface area contributed by atoms with Crippen molar-refractivity contribution in [1.82, 2.24) is 19.6 Å². The van der Waals surface area contributed by atoms with Gasteiger partial charge in [-0.05, 0) is 32.0 Å². The first-order valence-corrected chi connectivity index (χ1v) is 6.92. The lowest BCUT2D eigenvalue weighted by atomic mass is 10.2. The van der Waals surface area contributed by atoms with Crippen LogP contribution in [0.15, 0.2) is 12.3 Å². The van der Waals surface area contributed by atoms with Gasteiger partial charge in [0.15, 0.2) is 0 Å². The minimum Gasteiger partial charge on any atom is -0.335 e. The molecule has 1 aromatic heterocycles. The van der Waals surface area contributed by atoms with Crippen molar-refractivity contribution in [2.75, 3.05) is 39.3 Å². The molecule has 1 aromatic rings. The molecule has 1 saturated heterocycles. The van der Waals surface area contributed by atoms with Crippen LogP contribution in [0.25, 0.3) is 0 Å². The van der Waals surface area contributed by atoms with Crippen LogP contribution >= 0.6 is 0 Å². The Hall–Kier alpha value is -1.40. The summed E-state index contributed by atoms with van der Waals surface area (Å²) in [6, 6.07) is 1.77. The van der Waals surface area contributed by atoms with Crippen LogP contribution in [0.3, 0.4) is 0 Å². The number of hydrogen-bond acceptors (Lipinski definition) is 4. The van der Waals surface area contributed by atoms with E-state index in [1.165, 1.54) is 0 Å². The Bertz CT molecular complexity index is 409.